The van der Waals surface area contributed by atoms with E-state index in [1.165, 1.54) is 16.8 Å². The first kappa shape index (κ1) is 10.8. The average molecular weight is 238 g/mol. The Labute approximate surface area is 105 Å². The SMILES string of the molecule is Cc1cccc(C)c1-n1ccnc1-c1ncc[nH]1. The molecule has 0 amide bonds. The summed E-state index contributed by atoms with van der Waals surface area (Å²) in [6.07, 6.45) is 7.30. The van der Waals surface area contributed by atoms with Gasteiger partial charge in [0.05, 0.1) is 5.69 Å². The van der Waals surface area contributed by atoms with E-state index < -0.39 is 0 Å². The zero-order valence-electron chi connectivity index (χ0n) is 10.4. The lowest BCUT2D eigenvalue weighted by atomic mass is 10.1. The van der Waals surface area contributed by atoms with E-state index in [0.717, 1.165) is 11.6 Å². The summed E-state index contributed by atoms with van der Waals surface area (Å²) in [5.74, 6) is 1.61. The maximum atomic E-state index is 4.39. The molecule has 0 fully saturated rings. The van der Waals surface area contributed by atoms with Crippen LogP contribution in [0.2, 0.25) is 0 Å². The summed E-state index contributed by atoms with van der Waals surface area (Å²) in [5.41, 5.74) is 3.61. The first-order chi connectivity index (χ1) is 8.77. The molecule has 0 atom stereocenters. The van der Waals surface area contributed by atoms with Crippen molar-refractivity contribution in [3.05, 3.63) is 54.1 Å². The van der Waals surface area contributed by atoms with E-state index >= 15 is 0 Å². The third-order valence-electron chi connectivity index (χ3n) is 3.03. The Morgan fingerprint density at radius 2 is 1.83 bits per heavy atom. The molecule has 0 saturated carbocycles. The van der Waals surface area contributed by atoms with Gasteiger partial charge < -0.3 is 4.98 Å². The molecule has 3 aromatic rings. The van der Waals surface area contributed by atoms with Crippen LogP contribution in [0.4, 0.5) is 0 Å². The van der Waals surface area contributed by atoms with Crippen molar-refractivity contribution in [3.63, 3.8) is 0 Å². The van der Waals surface area contributed by atoms with Crippen molar-refractivity contribution in [1.82, 2.24) is 19.5 Å². The van der Waals surface area contributed by atoms with Crippen LogP contribution in [-0.4, -0.2) is 19.5 Å². The molecule has 3 rings (SSSR count). The van der Waals surface area contributed by atoms with Gasteiger partial charge in [-0.15, -0.1) is 0 Å². The van der Waals surface area contributed by atoms with Crippen LogP contribution in [0.3, 0.4) is 0 Å². The van der Waals surface area contributed by atoms with E-state index in [2.05, 4.69) is 51.6 Å². The third-order valence-corrected chi connectivity index (χ3v) is 3.03. The number of para-hydroxylation sites is 1. The molecule has 0 spiro atoms. The van der Waals surface area contributed by atoms with Crippen molar-refractivity contribution >= 4 is 0 Å². The highest BCUT2D eigenvalue weighted by molar-refractivity contribution is 5.55. The van der Waals surface area contributed by atoms with Gasteiger partial charge in [-0.1, -0.05) is 18.2 Å². The van der Waals surface area contributed by atoms with E-state index in [-0.39, 0.29) is 0 Å². The van der Waals surface area contributed by atoms with E-state index in [9.17, 15) is 0 Å². The molecule has 1 N–H and O–H groups in total. The van der Waals surface area contributed by atoms with Crippen LogP contribution in [0.15, 0.2) is 43.0 Å². The Hall–Kier alpha value is -2.36. The van der Waals surface area contributed by atoms with Gasteiger partial charge in [-0.2, -0.15) is 0 Å². The number of hydrogen-bond donors (Lipinski definition) is 1. The van der Waals surface area contributed by atoms with Crippen LogP contribution in [-0.2, 0) is 0 Å². The Kier molecular flexibility index (Phi) is 2.48. The number of nitrogens with zero attached hydrogens (tertiary/aromatic N) is 3. The fourth-order valence-corrected chi connectivity index (χ4v) is 2.23. The zero-order valence-corrected chi connectivity index (χ0v) is 10.4. The van der Waals surface area contributed by atoms with Crippen molar-refractivity contribution in [1.29, 1.82) is 0 Å². The lowest BCUT2D eigenvalue weighted by Gasteiger charge is -2.12. The number of aromatic amines is 1. The van der Waals surface area contributed by atoms with Crippen LogP contribution >= 0.6 is 0 Å². The maximum absolute atomic E-state index is 4.39. The second kappa shape index (κ2) is 4.14. The molecule has 0 aliphatic carbocycles. The molecule has 4 heteroatoms. The molecular weight excluding hydrogens is 224 g/mol. The number of benzene rings is 1. The molecule has 2 heterocycles. The second-order valence-corrected chi connectivity index (χ2v) is 4.30. The Morgan fingerprint density at radius 1 is 1.06 bits per heavy atom. The number of hydrogen-bond acceptors (Lipinski definition) is 2. The molecule has 0 aliphatic heterocycles. The molecule has 1 aromatic carbocycles. The summed E-state index contributed by atoms with van der Waals surface area (Å²) in [4.78, 5) is 11.7. The number of aromatic nitrogens is 4. The Balaban J connectivity index is 2.22. The summed E-state index contributed by atoms with van der Waals surface area (Å²) in [6.45, 7) is 4.21. The third kappa shape index (κ3) is 1.62. The quantitative estimate of drug-likeness (QED) is 0.746. The normalized spacial score (nSPS) is 10.8. The molecular formula is C14H14N4. The topological polar surface area (TPSA) is 46.5 Å². The molecule has 18 heavy (non-hydrogen) atoms. The van der Waals surface area contributed by atoms with Crippen molar-refractivity contribution in [2.24, 2.45) is 0 Å². The number of nitrogens with one attached hydrogen (secondary N) is 1. The molecule has 2 aromatic heterocycles. The van der Waals surface area contributed by atoms with Crippen LogP contribution in [0.5, 0.6) is 0 Å². The number of aryl methyl sites for hydroxylation is 2. The van der Waals surface area contributed by atoms with Gasteiger partial charge in [-0.25, -0.2) is 9.97 Å². The first-order valence-electron chi connectivity index (χ1n) is 5.87. The Morgan fingerprint density at radius 3 is 2.50 bits per heavy atom. The van der Waals surface area contributed by atoms with Crippen LogP contribution in [0.25, 0.3) is 17.3 Å². The summed E-state index contributed by atoms with van der Waals surface area (Å²) < 4.78 is 2.07. The zero-order chi connectivity index (χ0) is 12.5. The standard InChI is InChI=1S/C14H14N4/c1-10-4-3-5-11(2)12(10)18-9-8-17-14(18)13-15-6-7-16-13/h3-9H,1-2H3,(H,15,16). The number of rotatable bonds is 2. The van der Waals surface area contributed by atoms with E-state index in [1.54, 1.807) is 18.6 Å². The van der Waals surface area contributed by atoms with Crippen molar-refractivity contribution in [2.45, 2.75) is 13.8 Å². The molecule has 90 valence electrons. The molecule has 0 radical (unpaired) electrons. The highest BCUT2D eigenvalue weighted by Gasteiger charge is 2.12. The van der Waals surface area contributed by atoms with Gasteiger partial charge >= 0.3 is 0 Å². The molecule has 0 bridgehead atoms. The first-order valence-corrected chi connectivity index (χ1v) is 5.87. The summed E-state index contributed by atoms with van der Waals surface area (Å²) in [6, 6.07) is 6.28. The largest absolute Gasteiger partial charge is 0.342 e. The second-order valence-electron chi connectivity index (χ2n) is 4.30. The minimum atomic E-state index is 0.780. The van der Waals surface area contributed by atoms with E-state index in [4.69, 9.17) is 0 Å². The van der Waals surface area contributed by atoms with Gasteiger partial charge in [-0.05, 0) is 25.0 Å². The number of H-pyrrole nitrogens is 1. The van der Waals surface area contributed by atoms with E-state index in [0.29, 0.717) is 0 Å². The number of imidazole rings is 2. The highest BCUT2D eigenvalue weighted by Crippen LogP contribution is 2.23. The van der Waals surface area contributed by atoms with Crippen LogP contribution < -0.4 is 0 Å². The van der Waals surface area contributed by atoms with Crippen molar-refractivity contribution in [2.75, 3.05) is 0 Å². The van der Waals surface area contributed by atoms with Gasteiger partial charge in [0.2, 0.25) is 0 Å². The summed E-state index contributed by atoms with van der Waals surface area (Å²) in [5, 5.41) is 0. The van der Waals surface area contributed by atoms with Gasteiger partial charge in [0, 0.05) is 24.8 Å². The lowest BCUT2D eigenvalue weighted by Crippen LogP contribution is -2.02. The predicted octanol–water partition coefficient (Wildman–Crippen LogP) is 2.88. The van der Waals surface area contributed by atoms with E-state index in [1.807, 2.05) is 6.20 Å². The monoisotopic (exact) mass is 238 g/mol. The van der Waals surface area contributed by atoms with Crippen LogP contribution in [0, 0.1) is 13.8 Å². The van der Waals surface area contributed by atoms with Crippen molar-refractivity contribution < 1.29 is 0 Å². The smallest absolute Gasteiger partial charge is 0.180 e. The molecule has 0 saturated heterocycles. The van der Waals surface area contributed by atoms with Crippen LogP contribution in [0.1, 0.15) is 11.1 Å². The Bertz CT molecular complexity index is 645. The average Bonchev–Trinajstić information content (AvgIpc) is 2.98. The predicted molar refractivity (Wildman–Crippen MR) is 70.6 cm³/mol. The highest BCUT2D eigenvalue weighted by atomic mass is 15.1. The summed E-state index contributed by atoms with van der Waals surface area (Å²) in [7, 11) is 0. The van der Waals surface area contributed by atoms with Gasteiger partial charge in [0.15, 0.2) is 11.6 Å². The fraction of sp³-hybridized carbons (Fsp3) is 0.143. The maximum Gasteiger partial charge on any atom is 0.180 e. The minimum Gasteiger partial charge on any atom is -0.342 e. The molecule has 0 unspecified atom stereocenters. The lowest BCUT2D eigenvalue weighted by molar-refractivity contribution is 1.01. The van der Waals surface area contributed by atoms with Gasteiger partial charge in [0.1, 0.15) is 0 Å². The fourth-order valence-electron chi connectivity index (χ4n) is 2.23. The summed E-state index contributed by atoms with van der Waals surface area (Å²) >= 11 is 0. The van der Waals surface area contributed by atoms with Gasteiger partial charge in [0.25, 0.3) is 0 Å². The molecule has 0 aliphatic rings. The molecule has 4 nitrogen and oxygen atoms in total. The van der Waals surface area contributed by atoms with Crippen molar-refractivity contribution in [3.8, 4) is 17.3 Å². The minimum absolute atomic E-state index is 0.780. The van der Waals surface area contributed by atoms with Gasteiger partial charge in [-0.3, -0.25) is 4.57 Å².